The van der Waals surface area contributed by atoms with Gasteiger partial charge in [0.25, 0.3) is 0 Å². The Morgan fingerprint density at radius 2 is 1.96 bits per heavy atom. The predicted octanol–water partition coefficient (Wildman–Crippen LogP) is 2.59. The lowest BCUT2D eigenvalue weighted by Crippen LogP contribution is -2.35. The summed E-state index contributed by atoms with van der Waals surface area (Å²) in [6.07, 6.45) is 7.32. The van der Waals surface area contributed by atoms with Crippen molar-refractivity contribution in [1.29, 1.82) is 0 Å². The van der Waals surface area contributed by atoms with Crippen LogP contribution in [0.2, 0.25) is 0 Å². The number of nitrogens with one attached hydrogen (secondary N) is 2. The van der Waals surface area contributed by atoms with Gasteiger partial charge in [0.05, 0.1) is 13.1 Å². The fraction of sp³-hybridized carbons (Fsp3) is 0.444. The number of carbonyl (C=O) groups excluding carboxylic acids is 1. The van der Waals surface area contributed by atoms with Crippen LogP contribution in [-0.4, -0.2) is 28.5 Å². The molecule has 2 N–H and O–H groups in total. The Balaban J connectivity index is 0.00000156. The second kappa shape index (κ2) is 11.1. The molecule has 1 heterocycles. The van der Waals surface area contributed by atoms with E-state index >= 15 is 0 Å². The molecule has 0 unspecified atom stereocenters. The van der Waals surface area contributed by atoms with Gasteiger partial charge in [-0.25, -0.2) is 4.98 Å². The minimum absolute atomic E-state index is 0. The molecule has 25 heavy (non-hydrogen) atoms. The van der Waals surface area contributed by atoms with Crippen LogP contribution in [-0.2, 0) is 24.3 Å². The fourth-order valence-electron chi connectivity index (χ4n) is 2.56. The Kier molecular flexibility index (Phi) is 9.57. The number of rotatable bonds is 9. The van der Waals surface area contributed by atoms with Crippen molar-refractivity contribution in [2.75, 3.05) is 13.1 Å². The first kappa shape index (κ1) is 21.5. The summed E-state index contributed by atoms with van der Waals surface area (Å²) in [5.74, 6) is 1.72. The van der Waals surface area contributed by atoms with Crippen LogP contribution in [0.25, 0.3) is 0 Å². The van der Waals surface area contributed by atoms with E-state index in [4.69, 9.17) is 0 Å². The Bertz CT molecular complexity index is 629. The van der Waals surface area contributed by atoms with Crippen LogP contribution in [0, 0.1) is 5.92 Å². The SMILES string of the molecule is Cl.Cl.O=C(CNCC1CC1)NCc1nccn1CCc1ccccc1. The van der Waals surface area contributed by atoms with Gasteiger partial charge in [-0.05, 0) is 37.3 Å². The van der Waals surface area contributed by atoms with Crippen LogP contribution in [0.15, 0.2) is 42.7 Å². The average molecular weight is 385 g/mol. The van der Waals surface area contributed by atoms with Gasteiger partial charge in [0.15, 0.2) is 0 Å². The minimum Gasteiger partial charge on any atom is -0.348 e. The number of nitrogens with zero attached hydrogens (tertiary/aromatic N) is 2. The molecule has 0 atom stereocenters. The summed E-state index contributed by atoms with van der Waals surface area (Å²) in [6, 6.07) is 10.4. The first-order valence-electron chi connectivity index (χ1n) is 8.32. The summed E-state index contributed by atoms with van der Waals surface area (Å²) in [7, 11) is 0. The number of benzene rings is 1. The molecule has 0 saturated heterocycles. The molecule has 0 radical (unpaired) electrons. The predicted molar refractivity (Wildman–Crippen MR) is 104 cm³/mol. The number of halogens is 2. The summed E-state index contributed by atoms with van der Waals surface area (Å²) in [6.45, 7) is 2.70. The number of hydrogen-bond donors (Lipinski definition) is 2. The van der Waals surface area contributed by atoms with E-state index in [0.717, 1.165) is 31.3 Å². The van der Waals surface area contributed by atoms with Gasteiger partial charge >= 0.3 is 0 Å². The minimum atomic E-state index is 0. The van der Waals surface area contributed by atoms with Crippen LogP contribution in [0.3, 0.4) is 0 Å². The summed E-state index contributed by atoms with van der Waals surface area (Å²) in [5.41, 5.74) is 1.31. The highest BCUT2D eigenvalue weighted by atomic mass is 35.5. The summed E-state index contributed by atoms with van der Waals surface area (Å²) < 4.78 is 2.10. The van der Waals surface area contributed by atoms with E-state index in [9.17, 15) is 4.79 Å². The highest BCUT2D eigenvalue weighted by Crippen LogP contribution is 2.27. The van der Waals surface area contributed by atoms with E-state index in [1.807, 2.05) is 12.3 Å². The summed E-state index contributed by atoms with van der Waals surface area (Å²) in [4.78, 5) is 16.2. The van der Waals surface area contributed by atoms with Crippen molar-refractivity contribution in [3.05, 3.63) is 54.1 Å². The maximum absolute atomic E-state index is 11.8. The Morgan fingerprint density at radius 1 is 1.20 bits per heavy atom. The van der Waals surface area contributed by atoms with Gasteiger partial charge in [-0.15, -0.1) is 24.8 Å². The number of aromatic nitrogens is 2. The molecule has 1 aromatic heterocycles. The zero-order chi connectivity index (χ0) is 15.9. The van der Waals surface area contributed by atoms with E-state index in [1.165, 1.54) is 18.4 Å². The average Bonchev–Trinajstić information content (AvgIpc) is 3.29. The van der Waals surface area contributed by atoms with Crippen LogP contribution in [0.5, 0.6) is 0 Å². The molecule has 138 valence electrons. The van der Waals surface area contributed by atoms with E-state index in [2.05, 4.69) is 44.5 Å². The van der Waals surface area contributed by atoms with Crippen LogP contribution < -0.4 is 10.6 Å². The zero-order valence-electron chi connectivity index (χ0n) is 14.2. The maximum Gasteiger partial charge on any atom is 0.234 e. The third-order valence-electron chi connectivity index (χ3n) is 4.15. The van der Waals surface area contributed by atoms with Gasteiger partial charge in [-0.2, -0.15) is 0 Å². The second-order valence-electron chi connectivity index (χ2n) is 6.12. The molecule has 1 aliphatic carbocycles. The first-order valence-corrected chi connectivity index (χ1v) is 8.32. The van der Waals surface area contributed by atoms with Gasteiger partial charge in [-0.3, -0.25) is 4.79 Å². The maximum atomic E-state index is 11.8. The number of hydrogen-bond acceptors (Lipinski definition) is 3. The van der Waals surface area contributed by atoms with Crippen LogP contribution >= 0.6 is 24.8 Å². The Labute approximate surface area is 161 Å². The molecule has 2 aromatic rings. The molecule has 1 aromatic carbocycles. The first-order chi connectivity index (χ1) is 11.3. The lowest BCUT2D eigenvalue weighted by atomic mass is 10.1. The summed E-state index contributed by atoms with van der Waals surface area (Å²) >= 11 is 0. The Morgan fingerprint density at radius 3 is 2.68 bits per heavy atom. The number of amides is 1. The van der Waals surface area contributed by atoms with Gasteiger partial charge in [-0.1, -0.05) is 30.3 Å². The van der Waals surface area contributed by atoms with Crippen molar-refractivity contribution in [2.24, 2.45) is 5.92 Å². The topological polar surface area (TPSA) is 59.0 Å². The van der Waals surface area contributed by atoms with E-state index in [0.29, 0.717) is 13.1 Å². The van der Waals surface area contributed by atoms with Gasteiger partial charge in [0.2, 0.25) is 5.91 Å². The number of aryl methyl sites for hydroxylation is 2. The summed E-state index contributed by atoms with van der Waals surface area (Å²) in [5, 5.41) is 6.13. The van der Waals surface area contributed by atoms with Crippen LogP contribution in [0.4, 0.5) is 0 Å². The Hall–Kier alpha value is -1.56. The fourth-order valence-corrected chi connectivity index (χ4v) is 2.56. The monoisotopic (exact) mass is 384 g/mol. The zero-order valence-corrected chi connectivity index (χ0v) is 15.8. The molecular formula is C18H26Cl2N4O. The molecule has 0 spiro atoms. The van der Waals surface area contributed by atoms with Crippen molar-refractivity contribution in [3.8, 4) is 0 Å². The second-order valence-corrected chi connectivity index (χ2v) is 6.12. The molecular weight excluding hydrogens is 359 g/mol. The lowest BCUT2D eigenvalue weighted by molar-refractivity contribution is -0.120. The quantitative estimate of drug-likeness (QED) is 0.698. The molecule has 1 amide bonds. The van der Waals surface area contributed by atoms with E-state index < -0.39 is 0 Å². The largest absolute Gasteiger partial charge is 0.348 e. The molecule has 7 heteroatoms. The van der Waals surface area contributed by atoms with Crippen molar-refractivity contribution >= 4 is 30.7 Å². The highest BCUT2D eigenvalue weighted by Gasteiger charge is 2.20. The standard InChI is InChI=1S/C18H24N4O.2ClH/c23-18(14-19-12-16-6-7-16)21-13-17-20-9-11-22(17)10-8-15-4-2-1-3-5-15;;/h1-5,9,11,16,19H,6-8,10,12-14H2,(H,21,23);2*1H. The number of carbonyl (C=O) groups is 1. The van der Waals surface area contributed by atoms with Gasteiger partial charge in [0.1, 0.15) is 5.82 Å². The smallest absolute Gasteiger partial charge is 0.234 e. The van der Waals surface area contributed by atoms with E-state index in [-0.39, 0.29) is 30.7 Å². The molecule has 3 rings (SSSR count). The molecule has 5 nitrogen and oxygen atoms in total. The van der Waals surface area contributed by atoms with Gasteiger partial charge in [0, 0.05) is 18.9 Å². The molecule has 1 saturated carbocycles. The number of imidazole rings is 1. The molecule has 1 aliphatic rings. The molecule has 0 aliphatic heterocycles. The van der Waals surface area contributed by atoms with Crippen molar-refractivity contribution in [2.45, 2.75) is 32.4 Å². The third kappa shape index (κ3) is 7.46. The highest BCUT2D eigenvalue weighted by molar-refractivity contribution is 5.85. The normalized spacial score (nSPS) is 12.8. The van der Waals surface area contributed by atoms with Crippen LogP contribution in [0.1, 0.15) is 24.2 Å². The lowest BCUT2D eigenvalue weighted by Gasteiger charge is -2.09. The third-order valence-corrected chi connectivity index (χ3v) is 4.15. The van der Waals surface area contributed by atoms with Crippen molar-refractivity contribution in [3.63, 3.8) is 0 Å². The van der Waals surface area contributed by atoms with Crippen molar-refractivity contribution < 1.29 is 4.79 Å². The van der Waals surface area contributed by atoms with E-state index in [1.54, 1.807) is 6.20 Å². The van der Waals surface area contributed by atoms with Crippen molar-refractivity contribution in [1.82, 2.24) is 20.2 Å². The molecule has 1 fully saturated rings. The molecule has 0 bridgehead atoms. The van der Waals surface area contributed by atoms with Gasteiger partial charge < -0.3 is 15.2 Å².